The molecule has 0 saturated carbocycles. The third-order valence-electron chi connectivity index (χ3n) is 4.75. The molecule has 6 heteroatoms. The summed E-state index contributed by atoms with van der Waals surface area (Å²) < 4.78 is 10.9. The normalized spacial score (nSPS) is 11.1. The number of carbonyl (C=O) groups is 2. The minimum Gasteiger partial charge on any atom is -0.460 e. The molecule has 3 rings (SSSR count). The molecule has 0 atom stereocenters. The van der Waals surface area contributed by atoms with Crippen molar-refractivity contribution >= 4 is 28.5 Å². The largest absolute Gasteiger partial charge is 0.460 e. The smallest absolute Gasteiger partial charge is 0.374 e. The zero-order chi connectivity index (χ0) is 21.0. The van der Waals surface area contributed by atoms with Crippen LogP contribution in [0, 0.1) is 13.8 Å². The molecule has 0 aliphatic carbocycles. The highest BCUT2D eigenvalue weighted by Crippen LogP contribution is 2.27. The van der Waals surface area contributed by atoms with E-state index in [-0.39, 0.29) is 24.8 Å². The zero-order valence-electron chi connectivity index (χ0n) is 17.2. The van der Waals surface area contributed by atoms with E-state index in [0.29, 0.717) is 12.1 Å². The van der Waals surface area contributed by atoms with E-state index in [2.05, 4.69) is 5.32 Å². The standard InChI is InChI=1S/C23H26N2O4/c1-5-28-23(27)22-18(17-11-6-7-12-19(17)29-22)13-25(4)14-20(26)24-21-15(2)9-8-10-16(21)3/h6-12H,5,13-14H2,1-4H3,(H,24,26). The SMILES string of the molecule is CCOC(=O)c1oc2ccccc2c1CN(C)CC(=O)Nc1c(C)cccc1C. The minimum atomic E-state index is -0.493. The molecule has 2 aromatic carbocycles. The van der Waals surface area contributed by atoms with Crippen LogP contribution in [0.2, 0.25) is 0 Å². The summed E-state index contributed by atoms with van der Waals surface area (Å²) in [6.07, 6.45) is 0. The molecule has 0 aliphatic heterocycles. The van der Waals surface area contributed by atoms with Crippen LogP contribution in [0.25, 0.3) is 11.0 Å². The average molecular weight is 394 g/mol. The number of hydrogen-bond acceptors (Lipinski definition) is 5. The van der Waals surface area contributed by atoms with Crippen molar-refractivity contribution in [1.29, 1.82) is 0 Å². The van der Waals surface area contributed by atoms with Gasteiger partial charge in [-0.05, 0) is 45.0 Å². The van der Waals surface area contributed by atoms with Gasteiger partial charge in [-0.15, -0.1) is 0 Å². The van der Waals surface area contributed by atoms with Gasteiger partial charge < -0.3 is 14.5 Å². The second kappa shape index (κ2) is 8.92. The van der Waals surface area contributed by atoms with Crippen molar-refractivity contribution in [2.75, 3.05) is 25.5 Å². The Morgan fingerprint density at radius 2 is 1.76 bits per heavy atom. The van der Waals surface area contributed by atoms with E-state index >= 15 is 0 Å². The van der Waals surface area contributed by atoms with Crippen molar-refractivity contribution in [3.63, 3.8) is 0 Å². The predicted molar refractivity (Wildman–Crippen MR) is 113 cm³/mol. The Balaban J connectivity index is 1.77. The highest BCUT2D eigenvalue weighted by atomic mass is 16.5. The van der Waals surface area contributed by atoms with Gasteiger partial charge in [0.05, 0.1) is 13.2 Å². The van der Waals surface area contributed by atoms with E-state index in [9.17, 15) is 9.59 Å². The molecule has 0 aliphatic rings. The van der Waals surface area contributed by atoms with Crippen molar-refractivity contribution in [1.82, 2.24) is 4.90 Å². The van der Waals surface area contributed by atoms with Gasteiger partial charge in [0.2, 0.25) is 11.7 Å². The third-order valence-corrected chi connectivity index (χ3v) is 4.75. The first-order valence-electron chi connectivity index (χ1n) is 9.62. The molecule has 152 valence electrons. The molecule has 0 fully saturated rings. The maximum absolute atomic E-state index is 12.6. The van der Waals surface area contributed by atoms with Crippen molar-refractivity contribution in [2.45, 2.75) is 27.3 Å². The highest BCUT2D eigenvalue weighted by molar-refractivity contribution is 5.96. The fourth-order valence-corrected chi connectivity index (χ4v) is 3.38. The number of furan rings is 1. The van der Waals surface area contributed by atoms with Crippen LogP contribution >= 0.6 is 0 Å². The molecule has 0 spiro atoms. The number of carbonyl (C=O) groups excluding carboxylic acids is 2. The summed E-state index contributed by atoms with van der Waals surface area (Å²) in [6.45, 7) is 6.51. The molecule has 6 nitrogen and oxygen atoms in total. The van der Waals surface area contributed by atoms with Crippen molar-refractivity contribution in [3.05, 3.63) is 64.9 Å². The van der Waals surface area contributed by atoms with Crippen LogP contribution in [0.3, 0.4) is 0 Å². The van der Waals surface area contributed by atoms with E-state index < -0.39 is 5.97 Å². The summed E-state index contributed by atoms with van der Waals surface area (Å²) in [6, 6.07) is 13.4. The fraction of sp³-hybridized carbons (Fsp3) is 0.304. The first-order chi connectivity index (χ1) is 13.9. The lowest BCUT2D eigenvalue weighted by Crippen LogP contribution is -2.30. The van der Waals surface area contributed by atoms with Gasteiger partial charge in [0, 0.05) is 23.2 Å². The number of nitrogens with zero attached hydrogens (tertiary/aromatic N) is 1. The number of amides is 1. The van der Waals surface area contributed by atoms with Gasteiger partial charge in [-0.1, -0.05) is 36.4 Å². The molecule has 0 saturated heterocycles. The number of likely N-dealkylation sites (N-methyl/N-ethyl adjacent to an activating group) is 1. The number of ether oxygens (including phenoxy) is 1. The third kappa shape index (κ3) is 4.66. The molecule has 0 unspecified atom stereocenters. The van der Waals surface area contributed by atoms with Gasteiger partial charge in [-0.25, -0.2) is 4.79 Å². The highest BCUT2D eigenvalue weighted by Gasteiger charge is 2.23. The number of esters is 1. The maximum Gasteiger partial charge on any atom is 0.374 e. The summed E-state index contributed by atoms with van der Waals surface area (Å²) in [5, 5.41) is 3.83. The summed E-state index contributed by atoms with van der Waals surface area (Å²) >= 11 is 0. The molecular weight excluding hydrogens is 368 g/mol. The Morgan fingerprint density at radius 3 is 2.45 bits per heavy atom. The second-order valence-electron chi connectivity index (χ2n) is 7.11. The Bertz CT molecular complexity index is 1020. The number of rotatable bonds is 7. The molecule has 3 aromatic rings. The van der Waals surface area contributed by atoms with Crippen LogP contribution in [0.4, 0.5) is 5.69 Å². The topological polar surface area (TPSA) is 71.8 Å². The molecule has 1 heterocycles. The fourth-order valence-electron chi connectivity index (χ4n) is 3.38. The lowest BCUT2D eigenvalue weighted by atomic mass is 10.1. The maximum atomic E-state index is 12.6. The first-order valence-corrected chi connectivity index (χ1v) is 9.62. The summed E-state index contributed by atoms with van der Waals surface area (Å²) in [7, 11) is 1.83. The van der Waals surface area contributed by atoms with Crippen molar-refractivity contribution in [2.24, 2.45) is 0 Å². The first kappa shape index (κ1) is 20.6. The van der Waals surface area contributed by atoms with Crippen LogP contribution in [0.1, 0.15) is 34.2 Å². The van der Waals surface area contributed by atoms with Crippen molar-refractivity contribution < 1.29 is 18.7 Å². The van der Waals surface area contributed by atoms with Gasteiger partial charge in [0.15, 0.2) is 0 Å². The number of aryl methyl sites for hydroxylation is 2. The summed E-state index contributed by atoms with van der Waals surface area (Å²) in [5.41, 5.74) is 4.23. The summed E-state index contributed by atoms with van der Waals surface area (Å²) in [4.78, 5) is 26.8. The molecular formula is C23H26N2O4. The van der Waals surface area contributed by atoms with E-state index in [4.69, 9.17) is 9.15 Å². The van der Waals surface area contributed by atoms with Crippen LogP contribution in [0.5, 0.6) is 0 Å². The molecule has 1 amide bonds. The van der Waals surface area contributed by atoms with Gasteiger partial charge >= 0.3 is 5.97 Å². The predicted octanol–water partition coefficient (Wildman–Crippen LogP) is 4.30. The van der Waals surface area contributed by atoms with E-state index in [1.165, 1.54) is 0 Å². The number of fused-ring (bicyclic) bond motifs is 1. The van der Waals surface area contributed by atoms with E-state index in [1.54, 1.807) is 6.92 Å². The molecule has 0 radical (unpaired) electrons. The van der Waals surface area contributed by atoms with E-state index in [1.807, 2.05) is 68.3 Å². The molecule has 29 heavy (non-hydrogen) atoms. The quantitative estimate of drug-likeness (QED) is 0.605. The number of nitrogens with one attached hydrogen (secondary N) is 1. The van der Waals surface area contributed by atoms with Gasteiger partial charge in [-0.3, -0.25) is 9.69 Å². The number of benzene rings is 2. The Kier molecular flexibility index (Phi) is 6.34. The lowest BCUT2D eigenvalue weighted by molar-refractivity contribution is -0.117. The molecule has 1 N–H and O–H groups in total. The minimum absolute atomic E-state index is 0.115. The number of hydrogen-bond donors (Lipinski definition) is 1. The van der Waals surface area contributed by atoms with Gasteiger partial charge in [0.1, 0.15) is 5.58 Å². The lowest BCUT2D eigenvalue weighted by Gasteiger charge is -2.18. The zero-order valence-corrected chi connectivity index (χ0v) is 17.2. The monoisotopic (exact) mass is 394 g/mol. The van der Waals surface area contributed by atoms with Gasteiger partial charge in [-0.2, -0.15) is 0 Å². The average Bonchev–Trinajstić information content (AvgIpc) is 3.03. The number of anilines is 1. The van der Waals surface area contributed by atoms with Crippen LogP contribution in [0.15, 0.2) is 46.9 Å². The second-order valence-corrected chi connectivity index (χ2v) is 7.11. The summed E-state index contributed by atoms with van der Waals surface area (Å²) in [5.74, 6) is -0.419. The van der Waals surface area contributed by atoms with E-state index in [0.717, 1.165) is 27.8 Å². The Morgan fingerprint density at radius 1 is 1.07 bits per heavy atom. The van der Waals surface area contributed by atoms with Crippen LogP contribution in [-0.4, -0.2) is 37.0 Å². The number of para-hydroxylation sites is 2. The molecule has 0 bridgehead atoms. The molecule has 1 aromatic heterocycles. The van der Waals surface area contributed by atoms with Crippen LogP contribution < -0.4 is 5.32 Å². The Labute approximate surface area is 170 Å². The van der Waals surface area contributed by atoms with Crippen LogP contribution in [-0.2, 0) is 16.1 Å². The van der Waals surface area contributed by atoms with Crippen molar-refractivity contribution in [3.8, 4) is 0 Å². The van der Waals surface area contributed by atoms with Gasteiger partial charge in [0.25, 0.3) is 0 Å². The Hall–Kier alpha value is -3.12.